The van der Waals surface area contributed by atoms with Crippen molar-refractivity contribution in [3.8, 4) is 40.1 Å². The molecule has 17 nitrogen and oxygen atoms in total. The molecule has 0 unspecified atom stereocenters. The summed E-state index contributed by atoms with van der Waals surface area (Å²) in [5.41, 5.74) is 0.217. The van der Waals surface area contributed by atoms with Gasteiger partial charge >= 0.3 is 17.3 Å². The molecule has 1 aromatic heterocycles. The smallest absolute Gasteiger partial charge is 0.402 e. The molecule has 3 heterocycles. The molecular formula is C30H35O17+. The first-order valence-electron chi connectivity index (χ1n) is 14.3. The molecule has 3 aromatic rings. The van der Waals surface area contributed by atoms with Crippen molar-refractivity contribution < 1.29 is 83.6 Å². The Morgan fingerprint density at radius 2 is 1.40 bits per heavy atom. The minimum absolute atomic E-state index is 0.0365. The maximum absolute atomic E-state index is 11.3. The average Bonchev–Trinajstić information content (AvgIpc) is 3.04. The molecule has 0 spiro atoms. The first-order valence-corrected chi connectivity index (χ1v) is 14.3. The molecular weight excluding hydrogens is 632 g/mol. The Bertz CT molecular complexity index is 1580. The maximum Gasteiger partial charge on any atom is 0.402 e. The molecule has 17 heteroatoms. The zero-order chi connectivity index (χ0) is 34.2. The van der Waals surface area contributed by atoms with Crippen molar-refractivity contribution in [1.82, 2.24) is 0 Å². The van der Waals surface area contributed by atoms with Gasteiger partial charge in [0.1, 0.15) is 72.3 Å². The monoisotopic (exact) mass is 667 g/mol. The molecule has 0 bridgehead atoms. The van der Waals surface area contributed by atoms with Crippen molar-refractivity contribution in [1.29, 1.82) is 0 Å². The maximum atomic E-state index is 11.3. The van der Waals surface area contributed by atoms with Crippen LogP contribution in [0.15, 0.2) is 40.8 Å². The Morgan fingerprint density at radius 3 is 2.02 bits per heavy atom. The van der Waals surface area contributed by atoms with Crippen LogP contribution in [-0.2, 0) is 19.0 Å². The molecule has 47 heavy (non-hydrogen) atoms. The standard InChI is InChI=1S/C30H34O17/c1-11(32)42-10-21-23(36)25(38)27(40)29(47-21)44-17-7-13(33)6-16-14(17)8-19(28(43-16)12-3-4-15(34)18(5-12)41-2)45-30-26(39)24(37)22(35)20(9-31)46-30/h3-8,20-27,29-31,35-40H,9-10H2,1-2H3,(H-,33,34)/p+1/t20-,21+,22+,23+,24+,25+,26-,27-,29-,30-/m1/s1. The van der Waals surface area contributed by atoms with Gasteiger partial charge in [0.05, 0.1) is 25.3 Å². The summed E-state index contributed by atoms with van der Waals surface area (Å²) in [5.74, 6) is -1.67. The fraction of sp³-hybridized carbons (Fsp3) is 0.467. The minimum atomic E-state index is -1.82. The van der Waals surface area contributed by atoms with Crippen molar-refractivity contribution in [2.75, 3.05) is 20.3 Å². The van der Waals surface area contributed by atoms with Gasteiger partial charge in [-0.3, -0.25) is 4.79 Å². The van der Waals surface area contributed by atoms with Crippen LogP contribution in [0.3, 0.4) is 0 Å². The van der Waals surface area contributed by atoms with Crippen molar-refractivity contribution in [3.05, 3.63) is 36.4 Å². The van der Waals surface area contributed by atoms with E-state index in [1.807, 2.05) is 0 Å². The highest BCUT2D eigenvalue weighted by Gasteiger charge is 2.47. The number of aliphatic hydroxyl groups excluding tert-OH is 7. The van der Waals surface area contributed by atoms with Crippen LogP contribution in [-0.4, -0.2) is 134 Å². The summed E-state index contributed by atoms with van der Waals surface area (Å²) in [6, 6.07) is 7.78. The second kappa shape index (κ2) is 14.0. The number of fused-ring (bicyclic) bond motifs is 1. The van der Waals surface area contributed by atoms with E-state index in [0.717, 1.165) is 13.0 Å². The van der Waals surface area contributed by atoms with Crippen LogP contribution >= 0.6 is 0 Å². The minimum Gasteiger partial charge on any atom is -0.507 e. The van der Waals surface area contributed by atoms with E-state index in [2.05, 4.69) is 0 Å². The van der Waals surface area contributed by atoms with Crippen LogP contribution in [0, 0.1) is 0 Å². The van der Waals surface area contributed by atoms with Crippen molar-refractivity contribution >= 4 is 16.9 Å². The summed E-state index contributed by atoms with van der Waals surface area (Å²) in [6.07, 6.45) is -16.5. The predicted octanol–water partition coefficient (Wildman–Crippen LogP) is -1.27. The summed E-state index contributed by atoms with van der Waals surface area (Å²) in [5, 5.41) is 93.0. The second-order valence-electron chi connectivity index (χ2n) is 10.9. The molecule has 0 saturated carbocycles. The fourth-order valence-corrected chi connectivity index (χ4v) is 5.14. The Kier molecular flexibility index (Phi) is 10.2. The van der Waals surface area contributed by atoms with E-state index in [1.54, 1.807) is 0 Å². The highest BCUT2D eigenvalue weighted by Crippen LogP contribution is 2.43. The van der Waals surface area contributed by atoms with Gasteiger partial charge in [0.25, 0.3) is 0 Å². The van der Waals surface area contributed by atoms with Crippen LogP contribution < -0.4 is 14.2 Å². The summed E-state index contributed by atoms with van der Waals surface area (Å²) in [6.45, 7) is -0.0785. The molecule has 10 atom stereocenters. The molecule has 256 valence electrons. The van der Waals surface area contributed by atoms with E-state index in [-0.39, 0.29) is 51.0 Å². The molecule has 2 saturated heterocycles. The van der Waals surface area contributed by atoms with Crippen LogP contribution in [0.5, 0.6) is 28.7 Å². The molecule has 0 aliphatic carbocycles. The quantitative estimate of drug-likeness (QED) is 0.0951. The number of hydrogen-bond acceptors (Lipinski definition) is 16. The van der Waals surface area contributed by atoms with Crippen LogP contribution in [0.1, 0.15) is 6.92 Å². The Balaban J connectivity index is 1.59. The van der Waals surface area contributed by atoms with Crippen molar-refractivity contribution in [3.63, 3.8) is 0 Å². The number of esters is 1. The molecule has 0 radical (unpaired) electrons. The molecule has 5 rings (SSSR count). The van der Waals surface area contributed by atoms with Gasteiger partial charge in [0.15, 0.2) is 11.5 Å². The summed E-state index contributed by atoms with van der Waals surface area (Å²) >= 11 is 0. The number of carbonyl (C=O) groups excluding carboxylic acids is 1. The lowest BCUT2D eigenvalue weighted by Crippen LogP contribution is -2.60. The van der Waals surface area contributed by atoms with Gasteiger partial charge in [-0.2, -0.15) is 0 Å². The number of hydrogen-bond donors (Lipinski definition) is 9. The predicted molar refractivity (Wildman–Crippen MR) is 154 cm³/mol. The van der Waals surface area contributed by atoms with Gasteiger partial charge in [0, 0.05) is 25.1 Å². The topological polar surface area (TPSA) is 266 Å². The lowest BCUT2D eigenvalue weighted by molar-refractivity contribution is -0.278. The number of benzene rings is 2. The summed E-state index contributed by atoms with van der Waals surface area (Å²) in [4.78, 5) is 11.3. The third kappa shape index (κ3) is 6.98. The Labute approximate surface area is 265 Å². The number of aromatic hydroxyl groups is 2. The van der Waals surface area contributed by atoms with Gasteiger partial charge in [-0.25, -0.2) is 4.42 Å². The number of methoxy groups -OCH3 is 1. The third-order valence-electron chi connectivity index (χ3n) is 7.70. The number of ether oxygens (including phenoxy) is 6. The Morgan fingerprint density at radius 1 is 0.787 bits per heavy atom. The van der Waals surface area contributed by atoms with Crippen LogP contribution in [0.2, 0.25) is 0 Å². The highest BCUT2D eigenvalue weighted by molar-refractivity contribution is 5.89. The van der Waals surface area contributed by atoms with Crippen LogP contribution in [0.25, 0.3) is 22.3 Å². The van der Waals surface area contributed by atoms with E-state index in [4.69, 9.17) is 32.8 Å². The first kappa shape index (κ1) is 34.3. The van der Waals surface area contributed by atoms with Gasteiger partial charge in [-0.15, -0.1) is 0 Å². The lowest BCUT2D eigenvalue weighted by Gasteiger charge is -2.40. The van der Waals surface area contributed by atoms with Gasteiger partial charge in [-0.05, 0) is 12.1 Å². The normalized spacial score (nSPS) is 30.9. The van der Waals surface area contributed by atoms with E-state index >= 15 is 0 Å². The molecule has 2 aliphatic rings. The lowest BCUT2D eigenvalue weighted by atomic mass is 9.99. The summed E-state index contributed by atoms with van der Waals surface area (Å²) in [7, 11) is 1.32. The number of phenolic OH excluding ortho intramolecular Hbond substituents is 2. The van der Waals surface area contributed by atoms with Crippen molar-refractivity contribution in [2.24, 2.45) is 0 Å². The molecule has 9 N–H and O–H groups in total. The van der Waals surface area contributed by atoms with Crippen LogP contribution in [0.4, 0.5) is 0 Å². The average molecular weight is 668 g/mol. The molecule has 0 amide bonds. The first-order chi connectivity index (χ1) is 22.3. The van der Waals surface area contributed by atoms with E-state index in [0.29, 0.717) is 0 Å². The molecule has 2 aliphatic heterocycles. The third-order valence-corrected chi connectivity index (χ3v) is 7.70. The zero-order valence-electron chi connectivity index (χ0n) is 24.9. The number of carbonyl (C=O) groups is 1. The SMILES string of the molecule is COc1cc(-c2[o+]c3cc(O)cc(O[C@@H]4O[C@@H](COC(C)=O)[C@H](O)[C@H](O)[C@H]4O)c3cc2O[C@@H]2O[C@H](CO)[C@H](O)[C@H](O)[C@H]2O)ccc1O. The van der Waals surface area contributed by atoms with E-state index in [1.165, 1.54) is 37.4 Å². The van der Waals surface area contributed by atoms with E-state index < -0.39 is 80.6 Å². The molecule has 2 aromatic carbocycles. The van der Waals surface area contributed by atoms with Gasteiger partial charge in [0.2, 0.25) is 18.3 Å². The van der Waals surface area contributed by atoms with Crippen molar-refractivity contribution in [2.45, 2.75) is 68.3 Å². The highest BCUT2D eigenvalue weighted by atomic mass is 16.7. The Hall–Kier alpha value is -4.04. The van der Waals surface area contributed by atoms with Gasteiger partial charge < -0.3 is 74.4 Å². The van der Waals surface area contributed by atoms with E-state index in [9.17, 15) is 50.8 Å². The largest absolute Gasteiger partial charge is 0.507 e. The van der Waals surface area contributed by atoms with Gasteiger partial charge in [-0.1, -0.05) is 0 Å². The number of rotatable bonds is 9. The second-order valence-corrected chi connectivity index (χ2v) is 10.9. The zero-order valence-corrected chi connectivity index (χ0v) is 24.9. The number of phenols is 2. The fourth-order valence-electron chi connectivity index (χ4n) is 5.14. The number of aliphatic hydroxyl groups is 7. The summed E-state index contributed by atoms with van der Waals surface area (Å²) < 4.78 is 39.1. The molecule has 2 fully saturated rings.